The fourth-order valence-corrected chi connectivity index (χ4v) is 3.30. The van der Waals surface area contributed by atoms with Gasteiger partial charge in [0.1, 0.15) is 0 Å². The predicted octanol–water partition coefficient (Wildman–Crippen LogP) is 7.43. The number of rotatable bonds is 15. The molecule has 0 amide bonds. The fourth-order valence-electron chi connectivity index (χ4n) is 3.17. The Morgan fingerprint density at radius 2 is 1.04 bits per heavy atom. The molecule has 0 saturated heterocycles. The van der Waals surface area contributed by atoms with Crippen molar-refractivity contribution in [2.45, 2.75) is 103 Å². The molecule has 0 heterocycles. The van der Waals surface area contributed by atoms with Crippen molar-refractivity contribution in [1.82, 2.24) is 0 Å². The number of halogens is 1. The molecule has 0 aromatic heterocycles. The summed E-state index contributed by atoms with van der Waals surface area (Å²) in [5.74, 6) is 0. The number of unbranched alkanes of at least 4 members (excludes halogenated alkanes) is 13. The van der Waals surface area contributed by atoms with Gasteiger partial charge in [0.2, 0.25) is 0 Å². The van der Waals surface area contributed by atoms with Crippen LogP contribution in [0.2, 0.25) is 5.02 Å². The minimum absolute atomic E-state index is 0.842. The van der Waals surface area contributed by atoms with E-state index in [0.29, 0.717) is 0 Å². The largest absolute Gasteiger partial charge is 0.288 e. The maximum absolute atomic E-state index is 8.59. The summed E-state index contributed by atoms with van der Waals surface area (Å²) in [6, 6.07) is 8.32. The highest BCUT2D eigenvalue weighted by atomic mass is 35.5. The maximum Gasteiger partial charge on any atom is 0.254 e. The zero-order valence-electron chi connectivity index (χ0n) is 17.0. The molecule has 0 radical (unpaired) electrons. The molecule has 0 aliphatic rings. The first-order valence-corrected chi connectivity index (χ1v) is 12.1. The molecular formula is C22H39ClO3S. The van der Waals surface area contributed by atoms with Crippen LogP contribution in [0.15, 0.2) is 24.3 Å². The molecule has 0 bridgehead atoms. The molecule has 0 aliphatic heterocycles. The molecular weight excluding hydrogens is 380 g/mol. The zero-order valence-corrected chi connectivity index (χ0v) is 18.7. The molecule has 0 unspecified atom stereocenters. The standard InChI is InChI=1S/C22H37Cl.H2O3S/c1-2-3-4-5-6-7-8-9-10-11-12-13-14-15-16-21-17-19-22(23)20-18-21;1-4(2)3/h17-20H,2-16H2,1H3;4H,(H,1,2,3). The molecule has 0 atom stereocenters. The van der Waals surface area contributed by atoms with Gasteiger partial charge in [-0.05, 0) is 30.5 Å². The molecule has 1 aromatic rings. The molecule has 0 aliphatic carbocycles. The number of hydrogen-bond donors (Lipinski definition) is 2. The van der Waals surface area contributed by atoms with Crippen molar-refractivity contribution in [3.63, 3.8) is 0 Å². The van der Waals surface area contributed by atoms with Crippen molar-refractivity contribution >= 4 is 22.6 Å². The maximum atomic E-state index is 8.59. The number of aryl methyl sites for hydroxylation is 1. The third kappa shape index (κ3) is 21.6. The van der Waals surface area contributed by atoms with Gasteiger partial charge in [0.05, 0.1) is 0 Å². The molecule has 27 heavy (non-hydrogen) atoms. The molecule has 5 heteroatoms. The Kier molecular flexibility index (Phi) is 19.7. The van der Waals surface area contributed by atoms with Gasteiger partial charge < -0.3 is 0 Å². The highest BCUT2D eigenvalue weighted by molar-refractivity contribution is 7.66. The molecule has 158 valence electrons. The molecule has 1 rings (SSSR count). The SMILES string of the molecule is CCCCCCCCCCCCCCCCc1ccc(Cl)cc1.O=[SH](=O)O. The second-order valence-corrected chi connectivity index (χ2v) is 8.12. The Bertz CT molecular complexity index is 493. The molecule has 0 fully saturated rings. The van der Waals surface area contributed by atoms with E-state index in [1.807, 2.05) is 12.1 Å². The van der Waals surface area contributed by atoms with Gasteiger partial charge in [-0.1, -0.05) is 114 Å². The lowest BCUT2D eigenvalue weighted by Crippen LogP contribution is -1.86. The van der Waals surface area contributed by atoms with Gasteiger partial charge in [0, 0.05) is 5.02 Å². The van der Waals surface area contributed by atoms with Crippen molar-refractivity contribution < 1.29 is 13.0 Å². The van der Waals surface area contributed by atoms with Crippen molar-refractivity contribution in [3.05, 3.63) is 34.9 Å². The van der Waals surface area contributed by atoms with E-state index in [4.69, 9.17) is 24.6 Å². The lowest BCUT2D eigenvalue weighted by Gasteiger charge is -2.04. The van der Waals surface area contributed by atoms with Crippen LogP contribution in [0.5, 0.6) is 0 Å². The van der Waals surface area contributed by atoms with Crippen molar-refractivity contribution in [2.75, 3.05) is 0 Å². The summed E-state index contributed by atoms with van der Waals surface area (Å²) in [5, 5.41) is 0.842. The van der Waals surface area contributed by atoms with Crippen LogP contribution in [-0.4, -0.2) is 13.0 Å². The first kappa shape index (κ1) is 26.4. The van der Waals surface area contributed by atoms with Gasteiger partial charge >= 0.3 is 0 Å². The number of hydrogen-bond acceptors (Lipinski definition) is 2. The summed E-state index contributed by atoms with van der Waals surface area (Å²) in [4.78, 5) is 0. The van der Waals surface area contributed by atoms with Crippen molar-refractivity contribution in [1.29, 1.82) is 0 Å². The van der Waals surface area contributed by atoms with Gasteiger partial charge in [0.15, 0.2) is 0 Å². The van der Waals surface area contributed by atoms with Crippen LogP contribution in [0, 0.1) is 0 Å². The van der Waals surface area contributed by atoms with Gasteiger partial charge in [-0.2, -0.15) is 0 Å². The van der Waals surface area contributed by atoms with Crippen LogP contribution in [0.4, 0.5) is 0 Å². The van der Waals surface area contributed by atoms with E-state index >= 15 is 0 Å². The van der Waals surface area contributed by atoms with Gasteiger partial charge in [-0.3, -0.25) is 4.55 Å². The van der Waals surface area contributed by atoms with E-state index in [9.17, 15) is 0 Å². The van der Waals surface area contributed by atoms with Gasteiger partial charge in [-0.25, -0.2) is 8.42 Å². The molecule has 0 saturated carbocycles. The normalized spacial score (nSPS) is 10.7. The van der Waals surface area contributed by atoms with Crippen molar-refractivity contribution in [2.24, 2.45) is 0 Å². The first-order valence-electron chi connectivity index (χ1n) is 10.6. The van der Waals surface area contributed by atoms with E-state index in [-0.39, 0.29) is 0 Å². The second kappa shape index (κ2) is 20.2. The molecule has 1 aromatic carbocycles. The first-order chi connectivity index (χ1) is 13.1. The quantitative estimate of drug-likeness (QED) is 0.177. The van der Waals surface area contributed by atoms with Crippen LogP contribution in [-0.2, 0) is 17.4 Å². The second-order valence-electron chi connectivity index (χ2n) is 7.21. The minimum atomic E-state index is -3.12. The lowest BCUT2D eigenvalue weighted by molar-refractivity contribution is 0.509. The average Bonchev–Trinajstić information content (AvgIpc) is 2.63. The van der Waals surface area contributed by atoms with E-state index in [1.165, 1.54) is 102 Å². The Morgan fingerprint density at radius 3 is 1.41 bits per heavy atom. The molecule has 0 spiro atoms. The van der Waals surface area contributed by atoms with Crippen LogP contribution >= 0.6 is 11.6 Å². The number of thiol groups is 1. The van der Waals surface area contributed by atoms with Crippen LogP contribution in [0.1, 0.15) is 102 Å². The third-order valence-corrected chi connectivity index (χ3v) is 4.98. The molecule has 1 N–H and O–H groups in total. The summed E-state index contributed by atoms with van der Waals surface area (Å²) in [6.45, 7) is 2.29. The Morgan fingerprint density at radius 1 is 0.704 bits per heavy atom. The Labute approximate surface area is 173 Å². The fraction of sp³-hybridized carbons (Fsp3) is 0.727. The summed E-state index contributed by atoms with van der Waals surface area (Å²) < 4.78 is 24.2. The predicted molar refractivity (Wildman–Crippen MR) is 118 cm³/mol. The highest BCUT2D eigenvalue weighted by Gasteiger charge is 1.96. The van der Waals surface area contributed by atoms with Crippen LogP contribution in [0.25, 0.3) is 0 Å². The van der Waals surface area contributed by atoms with Gasteiger partial charge in [0.25, 0.3) is 11.0 Å². The Hall–Kier alpha value is -0.580. The van der Waals surface area contributed by atoms with Crippen LogP contribution in [0.3, 0.4) is 0 Å². The third-order valence-electron chi connectivity index (χ3n) is 4.73. The minimum Gasteiger partial charge on any atom is -0.288 e. The Balaban J connectivity index is 0.00000153. The average molecular weight is 419 g/mol. The lowest BCUT2D eigenvalue weighted by atomic mass is 10.0. The summed E-state index contributed by atoms with van der Waals surface area (Å²) in [7, 11) is -3.12. The highest BCUT2D eigenvalue weighted by Crippen LogP contribution is 2.15. The van der Waals surface area contributed by atoms with E-state index in [1.54, 1.807) is 0 Å². The van der Waals surface area contributed by atoms with E-state index in [0.717, 1.165) is 5.02 Å². The monoisotopic (exact) mass is 418 g/mol. The topological polar surface area (TPSA) is 54.4 Å². The van der Waals surface area contributed by atoms with E-state index in [2.05, 4.69) is 19.1 Å². The number of benzene rings is 1. The summed E-state index contributed by atoms with van der Waals surface area (Å²) >= 11 is 5.90. The van der Waals surface area contributed by atoms with Crippen LogP contribution < -0.4 is 0 Å². The van der Waals surface area contributed by atoms with Gasteiger partial charge in [-0.15, -0.1) is 0 Å². The zero-order chi connectivity index (χ0) is 20.2. The van der Waals surface area contributed by atoms with Crippen molar-refractivity contribution in [3.8, 4) is 0 Å². The smallest absolute Gasteiger partial charge is 0.254 e. The summed E-state index contributed by atoms with van der Waals surface area (Å²) in [5.41, 5.74) is 1.42. The molecule has 3 nitrogen and oxygen atoms in total. The van der Waals surface area contributed by atoms with E-state index < -0.39 is 11.0 Å². The summed E-state index contributed by atoms with van der Waals surface area (Å²) in [6.07, 6.45) is 21.2.